The van der Waals surface area contributed by atoms with Crippen molar-refractivity contribution in [2.24, 2.45) is 22.7 Å². The molecular formula is C39H67N5O7S. The number of piperidine rings is 1. The maximum atomic E-state index is 14.9. The first-order chi connectivity index (χ1) is 24.3. The van der Waals surface area contributed by atoms with Crippen LogP contribution in [0.25, 0.3) is 0 Å². The van der Waals surface area contributed by atoms with Gasteiger partial charge in [-0.3, -0.25) is 19.2 Å². The van der Waals surface area contributed by atoms with Gasteiger partial charge in [-0.1, -0.05) is 86.0 Å². The summed E-state index contributed by atoms with van der Waals surface area (Å²) in [6, 6.07) is -3.37. The number of amides is 5. The average Bonchev–Trinajstić information content (AvgIpc) is 3.38. The zero-order valence-electron chi connectivity index (χ0n) is 33.1. The van der Waals surface area contributed by atoms with Crippen LogP contribution in [0.1, 0.15) is 145 Å². The van der Waals surface area contributed by atoms with Gasteiger partial charge in [0.25, 0.3) is 5.91 Å². The summed E-state index contributed by atoms with van der Waals surface area (Å²) in [5, 5.41) is 11.6. The molecule has 1 aliphatic heterocycles. The molecule has 13 heteroatoms. The Morgan fingerprint density at radius 3 is 2.02 bits per heavy atom. The maximum absolute atomic E-state index is 14.9. The Kier molecular flexibility index (Phi) is 13.2. The molecule has 5 amide bonds. The summed E-state index contributed by atoms with van der Waals surface area (Å²) in [6.45, 7) is 15.9. The summed E-state index contributed by atoms with van der Waals surface area (Å²) in [7, 11) is -3.58. The zero-order valence-corrected chi connectivity index (χ0v) is 33.9. The van der Waals surface area contributed by atoms with Gasteiger partial charge in [-0.25, -0.2) is 13.2 Å². The van der Waals surface area contributed by atoms with E-state index >= 15 is 0 Å². The first kappa shape index (κ1) is 42.0. The quantitative estimate of drug-likeness (QED) is 0.164. The van der Waals surface area contributed by atoms with Crippen molar-refractivity contribution >= 4 is 39.4 Å². The monoisotopic (exact) mass is 749 g/mol. The number of fused-ring (bicyclic) bond motifs is 1. The molecule has 4 rings (SSSR count). The van der Waals surface area contributed by atoms with Gasteiger partial charge in [-0.05, 0) is 82.0 Å². The summed E-state index contributed by atoms with van der Waals surface area (Å²) in [6.07, 6.45) is 10.1. The number of ketones is 1. The molecule has 0 aromatic carbocycles. The molecule has 0 bridgehead atoms. The molecule has 4 N–H and O–H groups in total. The average molecular weight is 750 g/mol. The van der Waals surface area contributed by atoms with Crippen LogP contribution in [-0.2, 0) is 29.0 Å². The van der Waals surface area contributed by atoms with Crippen LogP contribution in [0.15, 0.2) is 0 Å². The van der Waals surface area contributed by atoms with E-state index in [2.05, 4.69) is 35.1 Å². The number of likely N-dealkylation sites (N-methyl/N-ethyl adjacent to an activating group) is 1. The molecule has 3 saturated carbocycles. The third kappa shape index (κ3) is 8.81. The highest BCUT2D eigenvalue weighted by atomic mass is 32.2. The first-order valence-corrected chi connectivity index (χ1v) is 21.7. The molecule has 296 valence electrons. The zero-order chi connectivity index (χ0) is 38.7. The largest absolute Gasteiger partial charge is 0.350 e. The Morgan fingerprint density at radius 1 is 0.865 bits per heavy atom. The minimum absolute atomic E-state index is 0.0756. The molecule has 12 nitrogen and oxygen atoms in total. The molecule has 1 saturated heterocycles. The molecule has 4 aliphatic rings. The van der Waals surface area contributed by atoms with E-state index in [1.807, 2.05) is 20.8 Å². The molecule has 0 unspecified atom stereocenters. The predicted octanol–water partition coefficient (Wildman–Crippen LogP) is 4.79. The van der Waals surface area contributed by atoms with Crippen LogP contribution in [0.5, 0.6) is 0 Å². The summed E-state index contributed by atoms with van der Waals surface area (Å²) < 4.78 is 26.4. The van der Waals surface area contributed by atoms with Crippen LogP contribution in [0.2, 0.25) is 0 Å². The molecule has 4 fully saturated rings. The molecule has 52 heavy (non-hydrogen) atoms. The fourth-order valence-electron chi connectivity index (χ4n) is 9.22. The lowest BCUT2D eigenvalue weighted by atomic mass is 9.70. The minimum atomic E-state index is -3.58. The fourth-order valence-corrected chi connectivity index (χ4v) is 11.1. The first-order valence-electron chi connectivity index (χ1n) is 20.0. The van der Waals surface area contributed by atoms with Crippen molar-refractivity contribution < 1.29 is 32.4 Å². The lowest BCUT2D eigenvalue weighted by Gasteiger charge is -2.44. The van der Waals surface area contributed by atoms with Gasteiger partial charge < -0.3 is 26.2 Å². The molecule has 5 atom stereocenters. The van der Waals surface area contributed by atoms with E-state index in [0.717, 1.165) is 57.8 Å². The highest BCUT2D eigenvalue weighted by Crippen LogP contribution is 2.65. The van der Waals surface area contributed by atoms with Crippen LogP contribution in [0.3, 0.4) is 0 Å². The number of urea groups is 1. The van der Waals surface area contributed by atoms with Crippen molar-refractivity contribution in [1.29, 1.82) is 0 Å². The third-order valence-electron chi connectivity index (χ3n) is 13.4. The lowest BCUT2D eigenvalue weighted by molar-refractivity contribution is -0.146. The van der Waals surface area contributed by atoms with Crippen LogP contribution in [0.4, 0.5) is 4.79 Å². The van der Waals surface area contributed by atoms with E-state index in [-0.39, 0.29) is 35.5 Å². The Hall–Kier alpha value is -2.70. The van der Waals surface area contributed by atoms with E-state index in [9.17, 15) is 32.4 Å². The van der Waals surface area contributed by atoms with Crippen molar-refractivity contribution in [3.05, 3.63) is 0 Å². The number of rotatable bonds is 16. The van der Waals surface area contributed by atoms with Gasteiger partial charge in [0.1, 0.15) is 12.1 Å². The number of nitrogens with one attached hydrogen (secondary N) is 4. The Labute approximate surface area is 312 Å². The lowest BCUT2D eigenvalue weighted by Crippen LogP contribution is -2.65. The van der Waals surface area contributed by atoms with Crippen LogP contribution >= 0.6 is 0 Å². The number of sulfone groups is 1. The third-order valence-corrected chi connectivity index (χ3v) is 16.3. The van der Waals surface area contributed by atoms with Crippen molar-refractivity contribution in [3.8, 4) is 0 Å². The van der Waals surface area contributed by atoms with Gasteiger partial charge >= 0.3 is 6.03 Å². The second kappa shape index (κ2) is 16.3. The Bertz CT molecular complexity index is 1450. The van der Waals surface area contributed by atoms with Gasteiger partial charge in [0.05, 0.1) is 22.1 Å². The normalized spacial score (nSPS) is 25.9. The molecular weight excluding hydrogens is 683 g/mol. The maximum Gasteiger partial charge on any atom is 0.315 e. The van der Waals surface area contributed by atoms with Gasteiger partial charge in [0, 0.05) is 13.1 Å². The Balaban J connectivity index is 1.62. The van der Waals surface area contributed by atoms with Crippen LogP contribution in [-0.4, -0.2) is 90.1 Å². The number of nitrogens with zero attached hydrogens (tertiary/aromatic N) is 1. The van der Waals surface area contributed by atoms with Gasteiger partial charge in [0.15, 0.2) is 9.84 Å². The second-order valence-electron chi connectivity index (χ2n) is 17.8. The predicted molar refractivity (Wildman–Crippen MR) is 202 cm³/mol. The van der Waals surface area contributed by atoms with Crippen molar-refractivity contribution in [3.63, 3.8) is 0 Å². The molecule has 0 aromatic heterocycles. The molecule has 0 aromatic rings. The fraction of sp³-hybridized carbons (Fsp3) is 0.872. The number of unbranched alkanes of at least 4 members (excludes halogenated alkanes) is 1. The standard InChI is InChI=1S/C39H67N5O7S/c1-9-12-19-27(30(45)33(47)40-11-3)41-32(46)29-28-26(37(28,6)7)24-44(29)34(48)31(38(8)20-15-13-16-21-38)42-35(49)43-39(22-17-14-18-23-39)25-52(50,51)36(4,5)10-2/h26-29,31H,9-25H2,1-8H3,(H,40,47)(H,41,46)(H2,42,43,49)/t26-,27-,28-,29-,31+/m0/s1. The van der Waals surface area contributed by atoms with Gasteiger partial charge in [-0.2, -0.15) is 0 Å². The number of likely N-dealkylation sites (tertiary alicyclic amines) is 1. The van der Waals surface area contributed by atoms with Crippen molar-refractivity contribution in [2.75, 3.05) is 18.8 Å². The van der Waals surface area contributed by atoms with Crippen LogP contribution in [0, 0.1) is 22.7 Å². The topological polar surface area (TPSA) is 171 Å². The summed E-state index contributed by atoms with van der Waals surface area (Å²) in [5.74, 6) is -2.44. The van der Waals surface area contributed by atoms with Gasteiger partial charge in [-0.15, -0.1) is 0 Å². The smallest absolute Gasteiger partial charge is 0.315 e. The van der Waals surface area contributed by atoms with Crippen LogP contribution < -0.4 is 21.3 Å². The van der Waals surface area contributed by atoms with E-state index in [1.54, 1.807) is 25.7 Å². The molecule has 1 heterocycles. The summed E-state index contributed by atoms with van der Waals surface area (Å²) in [4.78, 5) is 70.6. The number of hydrogen-bond donors (Lipinski definition) is 4. The SMILES string of the molecule is CCCC[C@H](NC(=O)[C@@H]1[C@@H]2[C@H](CN1C(=O)[C@@H](NC(=O)NC1(CS(=O)(=O)C(C)(C)CC)CCCCC1)C1(C)CCCCC1)C2(C)C)C(=O)C(=O)NCC. The molecule has 0 spiro atoms. The van der Waals surface area contributed by atoms with E-state index < -0.39 is 67.3 Å². The highest BCUT2D eigenvalue weighted by molar-refractivity contribution is 7.92. The second-order valence-corrected chi connectivity index (χ2v) is 20.4. The number of carbonyl (C=O) groups is 5. The summed E-state index contributed by atoms with van der Waals surface area (Å²) in [5.41, 5.74) is -1.72. The van der Waals surface area contributed by atoms with Crippen molar-refractivity contribution in [1.82, 2.24) is 26.2 Å². The number of carbonyl (C=O) groups excluding carboxylic acids is 5. The number of hydrogen-bond acceptors (Lipinski definition) is 7. The highest BCUT2D eigenvalue weighted by Gasteiger charge is 2.70. The summed E-state index contributed by atoms with van der Waals surface area (Å²) >= 11 is 0. The van der Waals surface area contributed by atoms with E-state index in [1.165, 1.54) is 0 Å². The Morgan fingerprint density at radius 2 is 1.46 bits per heavy atom. The van der Waals surface area contributed by atoms with E-state index in [4.69, 9.17) is 0 Å². The molecule has 3 aliphatic carbocycles. The van der Waals surface area contributed by atoms with Crippen molar-refractivity contribution in [2.45, 2.75) is 174 Å². The van der Waals surface area contributed by atoms with Gasteiger partial charge in [0.2, 0.25) is 17.6 Å². The number of Topliss-reactive ketones (excluding diaryl/α,β-unsaturated/α-hetero) is 1. The van der Waals surface area contributed by atoms with E-state index in [0.29, 0.717) is 38.6 Å². The minimum Gasteiger partial charge on any atom is -0.350 e. The molecule has 0 radical (unpaired) electrons.